The number of carbonyl (C=O) groups is 1. The van der Waals surface area contributed by atoms with Crippen LogP contribution in [0.5, 0.6) is 5.75 Å². The maximum atomic E-state index is 11.6. The third-order valence-electron chi connectivity index (χ3n) is 4.14. The first-order chi connectivity index (χ1) is 12.2. The Kier molecular flexibility index (Phi) is 5.66. The lowest BCUT2D eigenvalue weighted by Crippen LogP contribution is -2.11. The fourth-order valence-corrected chi connectivity index (χ4v) is 2.61. The van der Waals surface area contributed by atoms with Crippen molar-refractivity contribution in [2.24, 2.45) is 0 Å². The average molecular weight is 341 g/mol. The normalized spacial score (nSPS) is 18.6. The molecule has 25 heavy (non-hydrogen) atoms. The molecule has 0 N–H and O–H groups in total. The van der Waals surface area contributed by atoms with Crippen LogP contribution in [0.3, 0.4) is 0 Å². The highest BCUT2D eigenvalue weighted by atomic mass is 16.6. The summed E-state index contributed by atoms with van der Waals surface area (Å²) < 4.78 is 16.1. The number of rotatable bonds is 8. The maximum Gasteiger partial charge on any atom is 0.338 e. The summed E-state index contributed by atoms with van der Waals surface area (Å²) in [6, 6.07) is 11.8. The molecule has 2 atom stereocenters. The molecule has 2 unspecified atom stereocenters. The van der Waals surface area contributed by atoms with Gasteiger partial charge in [-0.2, -0.15) is 0 Å². The molecule has 1 fully saturated rings. The number of benzene rings is 1. The Morgan fingerprint density at radius 3 is 2.60 bits per heavy atom. The lowest BCUT2D eigenvalue weighted by molar-refractivity contribution is -0.144. The van der Waals surface area contributed by atoms with Gasteiger partial charge in [0.2, 0.25) is 0 Å². The molecule has 1 aliphatic rings. The van der Waals surface area contributed by atoms with Gasteiger partial charge in [-0.25, -0.2) is 4.79 Å². The van der Waals surface area contributed by atoms with E-state index in [-0.39, 0.29) is 12.1 Å². The molecule has 0 amide bonds. The standard InChI is InChI=1S/C20H23NO4/c1-3-14-5-8-16(21-13-14)11-12-24-17-9-6-15(7-10-17)18-19(25-18)20(22)23-4-2/h5-10,13,18-19H,3-4,11-12H2,1-2H3. The van der Waals surface area contributed by atoms with Gasteiger partial charge in [-0.3, -0.25) is 4.98 Å². The Morgan fingerprint density at radius 1 is 1.16 bits per heavy atom. The van der Waals surface area contributed by atoms with Gasteiger partial charge >= 0.3 is 5.97 Å². The van der Waals surface area contributed by atoms with Crippen LogP contribution in [-0.2, 0) is 27.1 Å². The molecule has 0 saturated carbocycles. The summed E-state index contributed by atoms with van der Waals surface area (Å²) in [4.78, 5) is 16.0. The molecule has 1 aromatic heterocycles. The summed E-state index contributed by atoms with van der Waals surface area (Å²) in [5.41, 5.74) is 3.23. The zero-order valence-corrected chi connectivity index (χ0v) is 14.6. The van der Waals surface area contributed by atoms with Gasteiger partial charge in [0.25, 0.3) is 0 Å². The summed E-state index contributed by atoms with van der Waals surface area (Å²) in [5, 5.41) is 0. The molecule has 2 aromatic rings. The summed E-state index contributed by atoms with van der Waals surface area (Å²) in [7, 11) is 0. The van der Waals surface area contributed by atoms with E-state index >= 15 is 0 Å². The van der Waals surface area contributed by atoms with Crippen molar-refractivity contribution in [2.75, 3.05) is 13.2 Å². The molecular weight excluding hydrogens is 318 g/mol. The molecule has 2 heterocycles. The highest BCUT2D eigenvalue weighted by molar-refractivity contribution is 5.78. The fraction of sp³-hybridized carbons (Fsp3) is 0.400. The van der Waals surface area contributed by atoms with Crippen molar-refractivity contribution in [3.8, 4) is 5.75 Å². The number of aromatic nitrogens is 1. The smallest absolute Gasteiger partial charge is 0.338 e. The van der Waals surface area contributed by atoms with Crippen LogP contribution in [-0.4, -0.2) is 30.3 Å². The topological polar surface area (TPSA) is 61.0 Å². The minimum atomic E-state index is -0.469. The molecule has 132 valence electrons. The van der Waals surface area contributed by atoms with Crippen LogP contribution in [0.15, 0.2) is 42.6 Å². The van der Waals surface area contributed by atoms with E-state index in [9.17, 15) is 4.79 Å². The quantitative estimate of drug-likeness (QED) is 0.545. The van der Waals surface area contributed by atoms with Crippen molar-refractivity contribution < 1.29 is 19.0 Å². The Morgan fingerprint density at radius 2 is 1.96 bits per heavy atom. The number of nitrogens with zero attached hydrogens (tertiary/aromatic N) is 1. The van der Waals surface area contributed by atoms with E-state index in [1.54, 1.807) is 6.92 Å². The van der Waals surface area contributed by atoms with Crippen LogP contribution in [0.1, 0.15) is 36.8 Å². The number of esters is 1. The van der Waals surface area contributed by atoms with Gasteiger partial charge in [-0.15, -0.1) is 0 Å². The van der Waals surface area contributed by atoms with Crippen molar-refractivity contribution in [3.05, 3.63) is 59.4 Å². The first kappa shape index (κ1) is 17.4. The summed E-state index contributed by atoms with van der Waals surface area (Å²) in [6.07, 6.45) is 3.01. The summed E-state index contributed by atoms with van der Waals surface area (Å²) in [6.45, 7) is 4.84. The van der Waals surface area contributed by atoms with E-state index in [0.29, 0.717) is 13.2 Å². The van der Waals surface area contributed by atoms with E-state index in [2.05, 4.69) is 18.0 Å². The first-order valence-corrected chi connectivity index (χ1v) is 8.70. The van der Waals surface area contributed by atoms with Gasteiger partial charge in [-0.1, -0.05) is 25.1 Å². The summed E-state index contributed by atoms with van der Waals surface area (Å²) >= 11 is 0. The molecule has 5 heteroatoms. The largest absolute Gasteiger partial charge is 0.493 e. The van der Waals surface area contributed by atoms with E-state index in [4.69, 9.17) is 14.2 Å². The van der Waals surface area contributed by atoms with Crippen molar-refractivity contribution in [2.45, 2.75) is 38.9 Å². The molecular formula is C20H23NO4. The van der Waals surface area contributed by atoms with Crippen LogP contribution in [0.2, 0.25) is 0 Å². The van der Waals surface area contributed by atoms with Crippen molar-refractivity contribution in [1.29, 1.82) is 0 Å². The fourth-order valence-electron chi connectivity index (χ4n) is 2.61. The molecule has 1 saturated heterocycles. The molecule has 5 nitrogen and oxygen atoms in total. The third-order valence-corrected chi connectivity index (χ3v) is 4.14. The van der Waals surface area contributed by atoms with Crippen LogP contribution in [0.4, 0.5) is 0 Å². The van der Waals surface area contributed by atoms with Gasteiger partial charge < -0.3 is 14.2 Å². The predicted octanol–water partition coefficient (Wildman–Crippen LogP) is 3.27. The number of ether oxygens (including phenoxy) is 3. The number of aryl methyl sites for hydroxylation is 1. The molecule has 0 spiro atoms. The van der Waals surface area contributed by atoms with Gasteiger partial charge in [0.1, 0.15) is 11.9 Å². The second-order valence-corrected chi connectivity index (χ2v) is 5.91. The predicted molar refractivity (Wildman–Crippen MR) is 93.5 cm³/mol. The van der Waals surface area contributed by atoms with Gasteiger partial charge in [-0.05, 0) is 42.7 Å². The van der Waals surface area contributed by atoms with Crippen LogP contribution in [0.25, 0.3) is 0 Å². The van der Waals surface area contributed by atoms with Crippen molar-refractivity contribution in [3.63, 3.8) is 0 Å². The number of hydrogen-bond donors (Lipinski definition) is 0. The Bertz CT molecular complexity index is 697. The van der Waals surface area contributed by atoms with Gasteiger partial charge in [0.15, 0.2) is 6.10 Å². The SMILES string of the molecule is CCOC(=O)C1OC1c1ccc(OCCc2ccc(CC)cn2)cc1. The minimum Gasteiger partial charge on any atom is -0.493 e. The highest BCUT2D eigenvalue weighted by Gasteiger charge is 2.47. The van der Waals surface area contributed by atoms with E-state index in [1.165, 1.54) is 5.56 Å². The maximum absolute atomic E-state index is 11.6. The van der Waals surface area contributed by atoms with Crippen molar-refractivity contribution in [1.82, 2.24) is 4.98 Å². The minimum absolute atomic E-state index is 0.200. The number of pyridine rings is 1. The number of hydrogen-bond acceptors (Lipinski definition) is 5. The highest BCUT2D eigenvalue weighted by Crippen LogP contribution is 2.39. The van der Waals surface area contributed by atoms with E-state index in [1.807, 2.05) is 36.5 Å². The molecule has 0 bridgehead atoms. The van der Waals surface area contributed by atoms with E-state index in [0.717, 1.165) is 29.8 Å². The third kappa shape index (κ3) is 4.57. The summed E-state index contributed by atoms with van der Waals surface area (Å²) in [5.74, 6) is 0.497. The molecule has 3 rings (SSSR count). The second-order valence-electron chi connectivity index (χ2n) is 5.91. The second kappa shape index (κ2) is 8.12. The van der Waals surface area contributed by atoms with Crippen LogP contribution >= 0.6 is 0 Å². The zero-order chi connectivity index (χ0) is 17.6. The average Bonchev–Trinajstić information content (AvgIpc) is 3.44. The van der Waals surface area contributed by atoms with Gasteiger partial charge in [0.05, 0.1) is 13.2 Å². The Balaban J connectivity index is 1.46. The van der Waals surface area contributed by atoms with Gasteiger partial charge in [0, 0.05) is 18.3 Å². The Labute approximate surface area is 147 Å². The monoisotopic (exact) mass is 341 g/mol. The molecule has 1 aromatic carbocycles. The van der Waals surface area contributed by atoms with E-state index < -0.39 is 6.10 Å². The number of epoxide rings is 1. The van der Waals surface area contributed by atoms with Crippen LogP contribution in [0, 0.1) is 0 Å². The lowest BCUT2D eigenvalue weighted by atomic mass is 10.1. The zero-order valence-electron chi connectivity index (χ0n) is 14.6. The van der Waals surface area contributed by atoms with Crippen molar-refractivity contribution >= 4 is 5.97 Å². The first-order valence-electron chi connectivity index (χ1n) is 8.70. The molecule has 1 aliphatic heterocycles. The lowest BCUT2D eigenvalue weighted by Gasteiger charge is -2.07. The van der Waals surface area contributed by atoms with Crippen LogP contribution < -0.4 is 4.74 Å². The molecule has 0 aliphatic carbocycles. The molecule has 0 radical (unpaired) electrons. The number of carbonyl (C=O) groups excluding carboxylic acids is 1. The Hall–Kier alpha value is -2.40.